The Morgan fingerprint density at radius 2 is 1.56 bits per heavy atom. The summed E-state index contributed by atoms with van der Waals surface area (Å²) in [6, 6.07) is 16.0. The topological polar surface area (TPSA) is 39.7 Å². The van der Waals surface area contributed by atoms with Gasteiger partial charge in [0.15, 0.2) is 0 Å². The summed E-state index contributed by atoms with van der Waals surface area (Å²) in [5.74, 6) is 1.60. The van der Waals surface area contributed by atoms with Gasteiger partial charge in [-0.3, -0.25) is 0 Å². The molecular weight excluding hydrogens is 362 g/mol. The summed E-state index contributed by atoms with van der Waals surface area (Å²) in [4.78, 5) is 0. The molecule has 0 saturated heterocycles. The molecule has 1 aliphatic carbocycles. The molecular formula is C22H28ClNO3. The van der Waals surface area contributed by atoms with Crippen molar-refractivity contribution in [2.45, 2.75) is 38.3 Å². The van der Waals surface area contributed by atoms with E-state index in [1.165, 1.54) is 25.7 Å². The molecule has 0 bridgehead atoms. The molecule has 27 heavy (non-hydrogen) atoms. The van der Waals surface area contributed by atoms with E-state index < -0.39 is 0 Å². The van der Waals surface area contributed by atoms with Gasteiger partial charge in [-0.1, -0.05) is 42.6 Å². The Morgan fingerprint density at radius 1 is 0.852 bits per heavy atom. The summed E-state index contributed by atoms with van der Waals surface area (Å²) < 4.78 is 17.1. The third kappa shape index (κ3) is 7.06. The predicted octanol–water partition coefficient (Wildman–Crippen LogP) is 4.85. The zero-order valence-electron chi connectivity index (χ0n) is 15.7. The molecule has 4 nitrogen and oxygen atoms in total. The lowest BCUT2D eigenvalue weighted by atomic mass is 10.2. The largest absolute Gasteiger partial charge is 0.491 e. The fourth-order valence-electron chi connectivity index (χ4n) is 3.19. The van der Waals surface area contributed by atoms with Gasteiger partial charge in [0, 0.05) is 23.2 Å². The van der Waals surface area contributed by atoms with Crippen molar-refractivity contribution in [3.05, 3.63) is 59.1 Å². The fourth-order valence-corrected chi connectivity index (χ4v) is 3.38. The average molecular weight is 390 g/mol. The number of rotatable bonds is 11. The molecule has 0 heterocycles. The van der Waals surface area contributed by atoms with Crippen molar-refractivity contribution in [3.8, 4) is 11.5 Å². The van der Waals surface area contributed by atoms with Crippen molar-refractivity contribution in [2.24, 2.45) is 0 Å². The Labute approximate surface area is 166 Å². The maximum Gasteiger partial charge on any atom is 0.120 e. The lowest BCUT2D eigenvalue weighted by molar-refractivity contribution is 0.100. The predicted molar refractivity (Wildman–Crippen MR) is 109 cm³/mol. The summed E-state index contributed by atoms with van der Waals surface area (Å²) in [5, 5.41) is 4.25. The zero-order chi connectivity index (χ0) is 18.7. The Hall–Kier alpha value is -1.75. The van der Waals surface area contributed by atoms with Crippen LogP contribution in [0.4, 0.5) is 0 Å². The van der Waals surface area contributed by atoms with Crippen molar-refractivity contribution in [1.82, 2.24) is 5.32 Å². The van der Waals surface area contributed by atoms with Crippen molar-refractivity contribution in [3.63, 3.8) is 0 Å². The van der Waals surface area contributed by atoms with Gasteiger partial charge in [-0.05, 0) is 43.2 Å². The maximum atomic E-state index is 6.14. The van der Waals surface area contributed by atoms with Gasteiger partial charge in [0.25, 0.3) is 0 Å². The molecule has 0 atom stereocenters. The van der Waals surface area contributed by atoms with Gasteiger partial charge >= 0.3 is 0 Å². The van der Waals surface area contributed by atoms with Crippen molar-refractivity contribution < 1.29 is 14.2 Å². The molecule has 1 N–H and O–H groups in total. The summed E-state index contributed by atoms with van der Waals surface area (Å²) in [5.41, 5.74) is 0.971. The molecule has 0 radical (unpaired) electrons. The molecule has 0 amide bonds. The van der Waals surface area contributed by atoms with E-state index in [4.69, 9.17) is 25.8 Å². The molecule has 0 aliphatic heterocycles. The van der Waals surface area contributed by atoms with Crippen LogP contribution in [-0.2, 0) is 11.3 Å². The number of nitrogens with one attached hydrogen (secondary N) is 1. The fraction of sp³-hybridized carbons (Fsp3) is 0.455. The Kier molecular flexibility index (Phi) is 8.28. The van der Waals surface area contributed by atoms with Gasteiger partial charge in [-0.2, -0.15) is 0 Å². The smallest absolute Gasteiger partial charge is 0.120 e. The molecule has 2 aromatic carbocycles. The van der Waals surface area contributed by atoms with Gasteiger partial charge in [0.05, 0.1) is 13.2 Å². The van der Waals surface area contributed by atoms with Gasteiger partial charge < -0.3 is 19.5 Å². The third-order valence-corrected chi connectivity index (χ3v) is 5.08. The van der Waals surface area contributed by atoms with Gasteiger partial charge in [0.1, 0.15) is 24.7 Å². The highest BCUT2D eigenvalue weighted by Crippen LogP contribution is 2.21. The lowest BCUT2D eigenvalue weighted by Crippen LogP contribution is -2.29. The second-order valence-electron chi connectivity index (χ2n) is 6.75. The lowest BCUT2D eigenvalue weighted by Gasteiger charge is -2.12. The van der Waals surface area contributed by atoms with Crippen LogP contribution in [0.15, 0.2) is 48.5 Å². The van der Waals surface area contributed by atoms with Crippen LogP contribution in [0.3, 0.4) is 0 Å². The molecule has 2 aromatic rings. The number of benzene rings is 2. The summed E-state index contributed by atoms with van der Waals surface area (Å²) in [6.45, 7) is 3.24. The van der Waals surface area contributed by atoms with Crippen LogP contribution < -0.4 is 14.8 Å². The van der Waals surface area contributed by atoms with E-state index in [1.54, 1.807) is 0 Å². The van der Waals surface area contributed by atoms with E-state index >= 15 is 0 Å². The first-order chi connectivity index (χ1) is 13.3. The first-order valence-corrected chi connectivity index (χ1v) is 10.1. The van der Waals surface area contributed by atoms with E-state index in [2.05, 4.69) is 5.32 Å². The van der Waals surface area contributed by atoms with Crippen LogP contribution in [0.25, 0.3) is 0 Å². The molecule has 0 aromatic heterocycles. The van der Waals surface area contributed by atoms with Crippen molar-refractivity contribution in [2.75, 3.05) is 26.4 Å². The monoisotopic (exact) mass is 389 g/mol. The number of ether oxygens (including phenoxy) is 3. The first-order valence-electron chi connectivity index (χ1n) is 9.71. The van der Waals surface area contributed by atoms with Crippen molar-refractivity contribution in [1.29, 1.82) is 0 Å². The zero-order valence-corrected chi connectivity index (χ0v) is 16.4. The standard InChI is InChI=1S/C22H28ClNO3/c23-22-8-4-1-5-18(22)17-27-21-11-9-20(10-12-21)26-16-15-25-14-13-24-19-6-2-3-7-19/h1,4-5,8-12,19,24H,2-3,6-7,13-17H2. The third-order valence-electron chi connectivity index (χ3n) is 4.71. The van der Waals surface area contributed by atoms with E-state index in [9.17, 15) is 0 Å². The van der Waals surface area contributed by atoms with E-state index in [-0.39, 0.29) is 0 Å². The summed E-state index contributed by atoms with van der Waals surface area (Å²) >= 11 is 6.14. The normalized spacial score (nSPS) is 14.4. The quantitative estimate of drug-likeness (QED) is 0.558. The minimum absolute atomic E-state index is 0.447. The Balaban J connectivity index is 1.27. The second-order valence-corrected chi connectivity index (χ2v) is 7.16. The molecule has 1 fully saturated rings. The van der Waals surface area contributed by atoms with E-state index in [1.807, 2.05) is 48.5 Å². The summed E-state index contributed by atoms with van der Waals surface area (Å²) in [6.07, 6.45) is 5.33. The minimum atomic E-state index is 0.447. The molecule has 146 valence electrons. The SMILES string of the molecule is Clc1ccccc1COc1ccc(OCCOCCNC2CCCC2)cc1. The average Bonchev–Trinajstić information content (AvgIpc) is 3.21. The molecule has 0 unspecified atom stereocenters. The van der Waals surface area contributed by atoms with E-state index in [0.29, 0.717) is 25.9 Å². The van der Waals surface area contributed by atoms with Crippen LogP contribution in [0.1, 0.15) is 31.2 Å². The molecule has 1 aliphatic rings. The van der Waals surface area contributed by atoms with Crippen LogP contribution in [0.5, 0.6) is 11.5 Å². The Morgan fingerprint density at radius 3 is 2.30 bits per heavy atom. The highest BCUT2D eigenvalue weighted by molar-refractivity contribution is 6.31. The molecule has 0 spiro atoms. The highest BCUT2D eigenvalue weighted by Gasteiger charge is 2.13. The number of halogens is 1. The highest BCUT2D eigenvalue weighted by atomic mass is 35.5. The molecule has 5 heteroatoms. The van der Waals surface area contributed by atoms with Crippen LogP contribution in [-0.4, -0.2) is 32.4 Å². The van der Waals surface area contributed by atoms with Crippen LogP contribution in [0.2, 0.25) is 5.02 Å². The van der Waals surface area contributed by atoms with Crippen molar-refractivity contribution >= 4 is 11.6 Å². The van der Waals surface area contributed by atoms with Crippen LogP contribution >= 0.6 is 11.6 Å². The summed E-state index contributed by atoms with van der Waals surface area (Å²) in [7, 11) is 0. The van der Waals surface area contributed by atoms with Gasteiger partial charge in [-0.15, -0.1) is 0 Å². The number of hydrogen-bond acceptors (Lipinski definition) is 4. The minimum Gasteiger partial charge on any atom is -0.491 e. The Bertz CT molecular complexity index is 672. The molecule has 1 saturated carbocycles. The molecule has 3 rings (SSSR count). The van der Waals surface area contributed by atoms with E-state index in [0.717, 1.165) is 35.2 Å². The second kappa shape index (κ2) is 11.2. The number of hydrogen-bond donors (Lipinski definition) is 1. The van der Waals surface area contributed by atoms with Gasteiger partial charge in [-0.25, -0.2) is 0 Å². The van der Waals surface area contributed by atoms with Gasteiger partial charge in [0.2, 0.25) is 0 Å². The first kappa shape index (κ1) is 20.0. The van der Waals surface area contributed by atoms with Crippen LogP contribution in [0, 0.1) is 0 Å². The maximum absolute atomic E-state index is 6.14.